The third kappa shape index (κ3) is 3.11. The molecular formula is C15H26N6O2. The average Bonchev–Trinajstić information content (AvgIpc) is 3.09. The molecule has 0 aromatic carbocycles. The van der Waals surface area contributed by atoms with Crippen LogP contribution in [0.25, 0.3) is 0 Å². The second-order valence-electron chi connectivity index (χ2n) is 6.18. The lowest BCUT2D eigenvalue weighted by molar-refractivity contribution is 0.120. The molecule has 0 bridgehead atoms. The Balaban J connectivity index is 1.65. The maximum atomic E-state index is 5.54. The van der Waals surface area contributed by atoms with Gasteiger partial charge in [-0.1, -0.05) is 0 Å². The Kier molecular flexibility index (Phi) is 4.54. The molecule has 23 heavy (non-hydrogen) atoms. The molecule has 0 aliphatic carbocycles. The molecule has 4 rings (SSSR count). The third-order valence-corrected chi connectivity index (χ3v) is 4.77. The van der Waals surface area contributed by atoms with Crippen molar-refractivity contribution >= 4 is 17.3 Å². The molecule has 3 aliphatic heterocycles. The summed E-state index contributed by atoms with van der Waals surface area (Å²) in [5.74, 6) is 2.23. The van der Waals surface area contributed by atoms with Crippen LogP contribution in [0.3, 0.4) is 0 Å². The number of H-pyrrole nitrogens is 1. The molecule has 128 valence electrons. The van der Waals surface area contributed by atoms with Crippen molar-refractivity contribution in [3.05, 3.63) is 0 Å². The first-order valence-electron chi connectivity index (χ1n) is 8.63. The number of anilines is 3. The lowest BCUT2D eigenvalue weighted by Gasteiger charge is -2.36. The van der Waals surface area contributed by atoms with Crippen molar-refractivity contribution in [1.82, 2.24) is 15.5 Å². The minimum atomic E-state index is 0.782. The van der Waals surface area contributed by atoms with E-state index in [1.165, 1.54) is 5.69 Å². The van der Waals surface area contributed by atoms with Crippen molar-refractivity contribution in [3.63, 3.8) is 0 Å². The van der Waals surface area contributed by atoms with E-state index in [2.05, 4.69) is 25.1 Å². The van der Waals surface area contributed by atoms with Gasteiger partial charge in [0.15, 0.2) is 11.6 Å². The van der Waals surface area contributed by atoms with E-state index < -0.39 is 0 Å². The van der Waals surface area contributed by atoms with E-state index in [1.807, 2.05) is 0 Å². The summed E-state index contributed by atoms with van der Waals surface area (Å²) >= 11 is 0. The highest BCUT2D eigenvalue weighted by atomic mass is 16.5. The fourth-order valence-electron chi connectivity index (χ4n) is 3.50. The molecule has 0 unspecified atom stereocenters. The molecule has 0 atom stereocenters. The number of ether oxygens (including phenoxy) is 2. The van der Waals surface area contributed by atoms with Crippen LogP contribution in [0.1, 0.15) is 0 Å². The molecule has 1 aromatic rings. The minimum Gasteiger partial charge on any atom is -0.378 e. The first-order chi connectivity index (χ1) is 11.4. The van der Waals surface area contributed by atoms with E-state index in [0.29, 0.717) is 0 Å². The summed E-state index contributed by atoms with van der Waals surface area (Å²) in [6.07, 6.45) is 0. The summed E-state index contributed by atoms with van der Waals surface area (Å²) in [7, 11) is 0. The summed E-state index contributed by atoms with van der Waals surface area (Å²) < 4.78 is 11.0. The number of morpholine rings is 2. The predicted octanol–water partition coefficient (Wildman–Crippen LogP) is -0.507. The van der Waals surface area contributed by atoms with Gasteiger partial charge in [-0.05, 0) is 0 Å². The minimum absolute atomic E-state index is 0.782. The highest BCUT2D eigenvalue weighted by Gasteiger charge is 2.29. The Morgan fingerprint density at radius 3 is 2.00 bits per heavy atom. The zero-order valence-corrected chi connectivity index (χ0v) is 13.6. The normalized spacial score (nSPS) is 23.4. The predicted molar refractivity (Wildman–Crippen MR) is 89.7 cm³/mol. The van der Waals surface area contributed by atoms with Crippen LogP contribution in [0.2, 0.25) is 0 Å². The Morgan fingerprint density at radius 2 is 1.35 bits per heavy atom. The molecule has 3 aliphatic rings. The quantitative estimate of drug-likeness (QED) is 0.777. The molecule has 0 spiro atoms. The zero-order valence-electron chi connectivity index (χ0n) is 13.6. The van der Waals surface area contributed by atoms with Crippen LogP contribution >= 0.6 is 0 Å². The van der Waals surface area contributed by atoms with Gasteiger partial charge in [0, 0.05) is 52.4 Å². The Morgan fingerprint density at radius 1 is 0.739 bits per heavy atom. The summed E-state index contributed by atoms with van der Waals surface area (Å²) in [5.41, 5.74) is 1.25. The van der Waals surface area contributed by atoms with E-state index in [-0.39, 0.29) is 0 Å². The summed E-state index contributed by atoms with van der Waals surface area (Å²) in [5, 5.41) is 11.4. The van der Waals surface area contributed by atoms with Crippen molar-refractivity contribution in [1.29, 1.82) is 0 Å². The van der Waals surface area contributed by atoms with E-state index in [1.54, 1.807) is 0 Å². The van der Waals surface area contributed by atoms with Crippen molar-refractivity contribution in [3.8, 4) is 0 Å². The molecule has 2 N–H and O–H groups in total. The van der Waals surface area contributed by atoms with Gasteiger partial charge in [0.25, 0.3) is 0 Å². The molecule has 0 saturated carbocycles. The van der Waals surface area contributed by atoms with Crippen LogP contribution in [0.15, 0.2) is 0 Å². The first kappa shape index (κ1) is 15.0. The van der Waals surface area contributed by atoms with E-state index >= 15 is 0 Å². The van der Waals surface area contributed by atoms with Gasteiger partial charge in [0.1, 0.15) is 5.69 Å². The highest BCUT2D eigenvalue weighted by Crippen LogP contribution is 2.37. The number of rotatable bonds is 3. The Hall–Kier alpha value is -1.51. The number of aromatic nitrogens is 2. The summed E-state index contributed by atoms with van der Waals surface area (Å²) in [6, 6.07) is 0. The number of hydrogen-bond acceptors (Lipinski definition) is 7. The average molecular weight is 322 g/mol. The SMILES string of the molecule is C1CN(c2n[nH]c(N3CCOCC3)c2N2CCOCC2)CCN1. The van der Waals surface area contributed by atoms with Crippen molar-refractivity contribution in [2.45, 2.75) is 0 Å². The number of aromatic amines is 1. The lowest BCUT2D eigenvalue weighted by atomic mass is 10.2. The molecule has 8 nitrogen and oxygen atoms in total. The molecule has 0 amide bonds. The van der Waals surface area contributed by atoms with E-state index in [0.717, 1.165) is 90.4 Å². The summed E-state index contributed by atoms with van der Waals surface area (Å²) in [6.45, 7) is 10.9. The van der Waals surface area contributed by atoms with Gasteiger partial charge >= 0.3 is 0 Å². The fourth-order valence-corrected chi connectivity index (χ4v) is 3.50. The number of nitrogens with one attached hydrogen (secondary N) is 2. The van der Waals surface area contributed by atoms with Gasteiger partial charge in [0.2, 0.25) is 0 Å². The van der Waals surface area contributed by atoms with Crippen LogP contribution in [0.5, 0.6) is 0 Å². The fraction of sp³-hybridized carbons (Fsp3) is 0.800. The second-order valence-corrected chi connectivity index (χ2v) is 6.18. The number of piperazine rings is 1. The highest BCUT2D eigenvalue weighted by molar-refractivity contribution is 5.80. The monoisotopic (exact) mass is 322 g/mol. The van der Waals surface area contributed by atoms with Crippen molar-refractivity contribution < 1.29 is 9.47 Å². The van der Waals surface area contributed by atoms with Gasteiger partial charge < -0.3 is 29.5 Å². The first-order valence-corrected chi connectivity index (χ1v) is 8.63. The summed E-state index contributed by atoms with van der Waals surface area (Å²) in [4.78, 5) is 7.18. The van der Waals surface area contributed by atoms with Crippen LogP contribution in [-0.2, 0) is 9.47 Å². The van der Waals surface area contributed by atoms with Gasteiger partial charge in [-0.2, -0.15) is 5.10 Å². The molecule has 3 fully saturated rings. The zero-order chi connectivity index (χ0) is 15.5. The maximum absolute atomic E-state index is 5.54. The number of nitrogens with zero attached hydrogens (tertiary/aromatic N) is 4. The van der Waals surface area contributed by atoms with Crippen LogP contribution in [-0.4, -0.2) is 89.0 Å². The molecular weight excluding hydrogens is 296 g/mol. The molecule has 1 aromatic heterocycles. The Labute approximate surface area is 136 Å². The van der Waals surface area contributed by atoms with Crippen molar-refractivity contribution in [2.24, 2.45) is 0 Å². The van der Waals surface area contributed by atoms with Crippen molar-refractivity contribution in [2.75, 3.05) is 93.5 Å². The molecule has 4 heterocycles. The van der Waals surface area contributed by atoms with Crippen LogP contribution < -0.4 is 20.0 Å². The van der Waals surface area contributed by atoms with Gasteiger partial charge in [-0.25, -0.2) is 0 Å². The third-order valence-electron chi connectivity index (χ3n) is 4.77. The number of hydrogen-bond donors (Lipinski definition) is 2. The molecule has 3 saturated heterocycles. The van der Waals surface area contributed by atoms with Gasteiger partial charge in [-0.15, -0.1) is 0 Å². The Bertz CT molecular complexity index is 469. The van der Waals surface area contributed by atoms with E-state index in [4.69, 9.17) is 14.6 Å². The standard InChI is InChI=1S/C15H26N6O2/c1-3-20(4-2-16-1)14-13(19-5-9-22-10-6-19)15(18-17-14)21-7-11-23-12-8-21/h16H,1-12H2,(H,17,18). The molecule has 0 radical (unpaired) electrons. The largest absolute Gasteiger partial charge is 0.378 e. The van der Waals surface area contributed by atoms with Gasteiger partial charge in [0.05, 0.1) is 26.4 Å². The smallest absolute Gasteiger partial charge is 0.176 e. The van der Waals surface area contributed by atoms with Gasteiger partial charge in [-0.3, -0.25) is 5.10 Å². The topological polar surface area (TPSA) is 68.9 Å². The molecule has 8 heteroatoms. The van der Waals surface area contributed by atoms with E-state index in [9.17, 15) is 0 Å². The van der Waals surface area contributed by atoms with Crippen LogP contribution in [0.4, 0.5) is 17.3 Å². The maximum Gasteiger partial charge on any atom is 0.176 e. The lowest BCUT2D eigenvalue weighted by Crippen LogP contribution is -2.45. The second kappa shape index (κ2) is 6.94. The van der Waals surface area contributed by atoms with Crippen LogP contribution in [0, 0.1) is 0 Å².